The van der Waals surface area contributed by atoms with Crippen LogP contribution in [0.3, 0.4) is 0 Å². The first kappa shape index (κ1) is 26.3. The van der Waals surface area contributed by atoms with Gasteiger partial charge in [0.2, 0.25) is 5.95 Å². The average Bonchev–Trinajstić information content (AvgIpc) is 3.00. The smallest absolute Gasteiger partial charge is 0.344 e. The molecule has 1 fully saturated rings. The predicted molar refractivity (Wildman–Crippen MR) is 156 cm³/mol. The minimum absolute atomic E-state index is 0.00533. The predicted octanol–water partition coefficient (Wildman–Crippen LogP) is 5.07. The van der Waals surface area contributed by atoms with Gasteiger partial charge >= 0.3 is 5.63 Å². The van der Waals surface area contributed by atoms with Gasteiger partial charge in [0.25, 0.3) is 0 Å². The number of benzene rings is 3. The Balaban J connectivity index is 1.50. The summed E-state index contributed by atoms with van der Waals surface area (Å²) < 4.78 is 16.6. The Morgan fingerprint density at radius 2 is 1.78 bits per heavy atom. The molecule has 0 amide bonds. The number of ether oxygens (including phenoxy) is 2. The minimum Gasteiger partial charge on any atom is -0.508 e. The number of fused-ring (bicyclic) bond motifs is 1. The van der Waals surface area contributed by atoms with E-state index in [1.807, 2.05) is 42.2 Å². The number of aromatic nitrogens is 2. The standard InChI is InChI=1S/C32H29N3O6/c1-19-23-10-11-26(36)25(30(23)41-31(38)28(19)20-6-4-3-5-7-20)16-21-18-33-32(35-12-14-40-15-13-35)34-29(21)24-9-8-22(39-2)17-27(24)37/h3-11,17-18,36-37H,12-16H2,1-2H3. The van der Waals surface area contributed by atoms with E-state index in [0.717, 1.165) is 16.5 Å². The van der Waals surface area contributed by atoms with E-state index in [1.165, 1.54) is 13.2 Å². The number of morpholine rings is 1. The molecule has 0 spiro atoms. The number of methoxy groups -OCH3 is 1. The Morgan fingerprint density at radius 3 is 2.51 bits per heavy atom. The summed E-state index contributed by atoms with van der Waals surface area (Å²) in [5, 5.41) is 22.6. The second-order valence-corrected chi connectivity index (χ2v) is 9.90. The van der Waals surface area contributed by atoms with E-state index < -0.39 is 5.63 Å². The lowest BCUT2D eigenvalue weighted by atomic mass is 9.95. The zero-order valence-corrected chi connectivity index (χ0v) is 22.8. The molecule has 0 unspecified atom stereocenters. The van der Waals surface area contributed by atoms with Gasteiger partial charge in [0.05, 0.1) is 31.6 Å². The van der Waals surface area contributed by atoms with E-state index in [-0.39, 0.29) is 17.9 Å². The van der Waals surface area contributed by atoms with Crippen LogP contribution in [0.25, 0.3) is 33.4 Å². The quantitative estimate of drug-likeness (QED) is 0.279. The van der Waals surface area contributed by atoms with Gasteiger partial charge in [0.15, 0.2) is 0 Å². The Kier molecular flexibility index (Phi) is 7.03. The van der Waals surface area contributed by atoms with Gasteiger partial charge < -0.3 is 29.0 Å². The van der Waals surface area contributed by atoms with Crippen LogP contribution in [0.5, 0.6) is 17.2 Å². The summed E-state index contributed by atoms with van der Waals surface area (Å²) in [5.41, 5.74) is 3.87. The largest absolute Gasteiger partial charge is 0.508 e. The molecule has 1 aliphatic rings. The molecular formula is C32H29N3O6. The van der Waals surface area contributed by atoms with Gasteiger partial charge in [-0.25, -0.2) is 14.8 Å². The van der Waals surface area contributed by atoms with Gasteiger partial charge in [-0.3, -0.25) is 0 Å². The zero-order valence-electron chi connectivity index (χ0n) is 22.8. The molecule has 9 nitrogen and oxygen atoms in total. The highest BCUT2D eigenvalue weighted by Crippen LogP contribution is 2.38. The molecule has 1 saturated heterocycles. The van der Waals surface area contributed by atoms with Crippen LogP contribution in [0, 0.1) is 6.92 Å². The number of anilines is 1. The molecule has 2 N–H and O–H groups in total. The second-order valence-electron chi connectivity index (χ2n) is 9.90. The van der Waals surface area contributed by atoms with E-state index in [0.29, 0.717) is 71.5 Å². The van der Waals surface area contributed by atoms with Crippen molar-refractivity contribution in [2.45, 2.75) is 13.3 Å². The minimum atomic E-state index is -0.486. The van der Waals surface area contributed by atoms with Crippen LogP contribution in [0.1, 0.15) is 16.7 Å². The number of phenolic OH excluding ortho intramolecular Hbond substituents is 2. The lowest BCUT2D eigenvalue weighted by Gasteiger charge is -2.27. The normalized spacial score (nSPS) is 13.5. The fraction of sp³-hybridized carbons (Fsp3) is 0.219. The third kappa shape index (κ3) is 4.96. The summed E-state index contributed by atoms with van der Waals surface area (Å²) in [7, 11) is 1.53. The average molecular weight is 552 g/mol. The maximum absolute atomic E-state index is 13.2. The molecule has 0 saturated carbocycles. The third-order valence-corrected chi connectivity index (χ3v) is 7.45. The lowest BCUT2D eigenvalue weighted by Crippen LogP contribution is -2.37. The third-order valence-electron chi connectivity index (χ3n) is 7.45. The summed E-state index contributed by atoms with van der Waals surface area (Å²) in [6, 6.07) is 17.7. The Morgan fingerprint density at radius 1 is 1.00 bits per heavy atom. The molecular weight excluding hydrogens is 522 g/mol. The Labute approximate surface area is 236 Å². The number of hydrogen-bond acceptors (Lipinski definition) is 9. The van der Waals surface area contributed by atoms with Gasteiger partial charge in [0, 0.05) is 53.9 Å². The summed E-state index contributed by atoms with van der Waals surface area (Å²) >= 11 is 0. The Hall–Kier alpha value is -4.89. The number of rotatable bonds is 6. The van der Waals surface area contributed by atoms with Crippen LogP contribution in [0.2, 0.25) is 0 Å². The first-order chi connectivity index (χ1) is 19.9. The van der Waals surface area contributed by atoms with Crippen molar-refractivity contribution in [3.8, 4) is 39.6 Å². The van der Waals surface area contributed by atoms with Crippen LogP contribution in [0.15, 0.2) is 76.1 Å². The highest BCUT2D eigenvalue weighted by atomic mass is 16.5. The maximum Gasteiger partial charge on any atom is 0.344 e. The first-order valence-corrected chi connectivity index (χ1v) is 13.3. The van der Waals surface area contributed by atoms with Crippen LogP contribution in [-0.2, 0) is 11.2 Å². The molecule has 3 heterocycles. The topological polar surface area (TPSA) is 118 Å². The fourth-order valence-corrected chi connectivity index (χ4v) is 5.28. The van der Waals surface area contributed by atoms with Crippen molar-refractivity contribution in [3.05, 3.63) is 94.0 Å². The van der Waals surface area contributed by atoms with E-state index in [2.05, 4.69) is 4.98 Å². The van der Waals surface area contributed by atoms with Crippen molar-refractivity contribution >= 4 is 16.9 Å². The molecule has 0 aliphatic carbocycles. The van der Waals surface area contributed by atoms with Crippen molar-refractivity contribution in [1.82, 2.24) is 9.97 Å². The molecule has 0 bridgehead atoms. The van der Waals surface area contributed by atoms with Crippen LogP contribution >= 0.6 is 0 Å². The maximum atomic E-state index is 13.2. The summed E-state index contributed by atoms with van der Waals surface area (Å²) in [6.45, 7) is 4.31. The number of phenols is 2. The van der Waals surface area contributed by atoms with Crippen LogP contribution in [-0.4, -0.2) is 53.6 Å². The number of aromatic hydroxyl groups is 2. The van der Waals surface area contributed by atoms with Gasteiger partial charge in [-0.2, -0.15) is 0 Å². The summed E-state index contributed by atoms with van der Waals surface area (Å²) in [4.78, 5) is 24.8. The second kappa shape index (κ2) is 10.9. The van der Waals surface area contributed by atoms with Crippen LogP contribution < -0.4 is 15.3 Å². The van der Waals surface area contributed by atoms with Gasteiger partial charge in [-0.15, -0.1) is 0 Å². The molecule has 5 aromatic rings. The Bertz CT molecular complexity index is 1800. The highest BCUT2D eigenvalue weighted by molar-refractivity contribution is 5.90. The number of nitrogens with zero attached hydrogens (tertiary/aromatic N) is 3. The molecule has 2 aromatic heterocycles. The monoisotopic (exact) mass is 551 g/mol. The van der Waals surface area contributed by atoms with Crippen LogP contribution in [0.4, 0.5) is 5.95 Å². The summed E-state index contributed by atoms with van der Waals surface area (Å²) in [6.07, 6.45) is 1.85. The van der Waals surface area contributed by atoms with Crippen molar-refractivity contribution in [3.63, 3.8) is 0 Å². The molecule has 0 atom stereocenters. The van der Waals surface area contributed by atoms with Gasteiger partial charge in [0.1, 0.15) is 22.8 Å². The van der Waals surface area contributed by atoms with Crippen molar-refractivity contribution in [1.29, 1.82) is 0 Å². The number of hydrogen-bond donors (Lipinski definition) is 2. The molecule has 1 aliphatic heterocycles. The SMILES string of the molecule is COc1ccc(-c2nc(N3CCOCC3)ncc2Cc2c(O)ccc3c(C)c(-c4ccccc4)c(=O)oc23)c(O)c1. The fourth-order valence-electron chi connectivity index (χ4n) is 5.28. The van der Waals surface area contributed by atoms with E-state index in [4.69, 9.17) is 18.9 Å². The molecule has 208 valence electrons. The van der Waals surface area contributed by atoms with Crippen molar-refractivity contribution in [2.75, 3.05) is 38.3 Å². The van der Waals surface area contributed by atoms with Gasteiger partial charge in [-0.1, -0.05) is 30.3 Å². The van der Waals surface area contributed by atoms with Gasteiger partial charge in [-0.05, 0) is 42.3 Å². The molecule has 0 radical (unpaired) electrons. The molecule has 3 aromatic carbocycles. The zero-order chi connectivity index (χ0) is 28.5. The lowest BCUT2D eigenvalue weighted by molar-refractivity contribution is 0.122. The van der Waals surface area contributed by atoms with Crippen molar-refractivity contribution < 1.29 is 24.1 Å². The van der Waals surface area contributed by atoms with E-state index in [1.54, 1.807) is 30.5 Å². The first-order valence-electron chi connectivity index (χ1n) is 13.3. The molecule has 6 rings (SSSR count). The van der Waals surface area contributed by atoms with E-state index >= 15 is 0 Å². The highest BCUT2D eigenvalue weighted by Gasteiger charge is 2.22. The summed E-state index contributed by atoms with van der Waals surface area (Å²) in [5.74, 6) is 0.997. The number of aryl methyl sites for hydroxylation is 1. The van der Waals surface area contributed by atoms with E-state index in [9.17, 15) is 15.0 Å². The van der Waals surface area contributed by atoms with Crippen molar-refractivity contribution in [2.24, 2.45) is 0 Å². The molecule has 41 heavy (non-hydrogen) atoms. The molecule has 9 heteroatoms.